The number of ether oxygens (including phenoxy) is 1. The van der Waals surface area contributed by atoms with E-state index >= 15 is 0 Å². The Labute approximate surface area is 158 Å². The molecule has 0 aliphatic carbocycles. The summed E-state index contributed by atoms with van der Waals surface area (Å²) in [6.45, 7) is 5.68. The highest BCUT2D eigenvalue weighted by atomic mass is 79.9. The lowest BCUT2D eigenvalue weighted by atomic mass is 10.1. The molecule has 7 heteroatoms. The van der Waals surface area contributed by atoms with Gasteiger partial charge in [-0.1, -0.05) is 27.3 Å². The van der Waals surface area contributed by atoms with E-state index in [0.29, 0.717) is 0 Å². The number of aliphatic imine (C=N–C) groups is 1. The van der Waals surface area contributed by atoms with Crippen LogP contribution in [0.2, 0.25) is 0 Å². The Bertz CT molecular complexity index is 867. The quantitative estimate of drug-likeness (QED) is 0.779. The lowest BCUT2D eigenvalue weighted by molar-refractivity contribution is -0.00525. The average Bonchev–Trinajstić information content (AvgIpc) is 3.11. The summed E-state index contributed by atoms with van der Waals surface area (Å²) < 4.78 is 6.78. The average molecular weight is 420 g/mol. The minimum Gasteiger partial charge on any atom is -0.492 e. The second-order valence-electron chi connectivity index (χ2n) is 6.37. The normalized spacial score (nSPS) is 24.1. The van der Waals surface area contributed by atoms with Gasteiger partial charge in [0.15, 0.2) is 5.13 Å². The van der Waals surface area contributed by atoms with E-state index in [0.717, 1.165) is 44.4 Å². The van der Waals surface area contributed by atoms with Gasteiger partial charge in [-0.2, -0.15) is 4.98 Å². The molecule has 4 rings (SSSR count). The van der Waals surface area contributed by atoms with Crippen LogP contribution in [0.5, 0.6) is 5.88 Å². The SMILES string of the molecule is CC1CN(c2nc(O)c(/C=C3/C=Nc4ccc(Br)cc43)s2)CC(C)O1. The van der Waals surface area contributed by atoms with Crippen LogP contribution in [0.1, 0.15) is 24.3 Å². The van der Waals surface area contributed by atoms with E-state index in [1.807, 2.05) is 30.5 Å². The van der Waals surface area contributed by atoms with Crippen molar-refractivity contribution in [2.45, 2.75) is 26.1 Å². The highest BCUT2D eigenvalue weighted by Gasteiger charge is 2.25. The van der Waals surface area contributed by atoms with E-state index in [2.05, 4.69) is 44.7 Å². The second kappa shape index (κ2) is 6.55. The molecule has 2 atom stereocenters. The molecule has 2 aliphatic rings. The summed E-state index contributed by atoms with van der Waals surface area (Å²) in [6.07, 6.45) is 4.09. The zero-order valence-electron chi connectivity index (χ0n) is 13.9. The van der Waals surface area contributed by atoms with Gasteiger partial charge in [-0.05, 0) is 38.1 Å². The number of aromatic hydroxyl groups is 1. The predicted molar refractivity (Wildman–Crippen MR) is 106 cm³/mol. The Hall–Kier alpha value is -1.70. The number of hydrogen-bond acceptors (Lipinski definition) is 6. The van der Waals surface area contributed by atoms with Gasteiger partial charge in [-0.15, -0.1) is 0 Å². The molecule has 25 heavy (non-hydrogen) atoms. The molecule has 0 saturated carbocycles. The molecule has 2 aliphatic heterocycles. The number of rotatable bonds is 2. The third-order valence-corrected chi connectivity index (χ3v) is 5.76. The number of nitrogens with zero attached hydrogens (tertiary/aromatic N) is 3. The first-order valence-corrected chi connectivity index (χ1v) is 9.76. The van der Waals surface area contributed by atoms with E-state index in [-0.39, 0.29) is 18.1 Å². The predicted octanol–water partition coefficient (Wildman–Crippen LogP) is 4.48. The number of morpholine rings is 1. The highest BCUT2D eigenvalue weighted by Crippen LogP contribution is 2.38. The fourth-order valence-electron chi connectivity index (χ4n) is 3.19. The van der Waals surface area contributed by atoms with Crippen LogP contribution in [0, 0.1) is 0 Å². The van der Waals surface area contributed by atoms with Crippen LogP contribution in [-0.4, -0.2) is 41.6 Å². The summed E-state index contributed by atoms with van der Waals surface area (Å²) in [5.41, 5.74) is 2.97. The third kappa shape index (κ3) is 3.36. The van der Waals surface area contributed by atoms with Gasteiger partial charge in [0.05, 0.1) is 22.8 Å². The van der Waals surface area contributed by atoms with Crippen molar-refractivity contribution in [3.63, 3.8) is 0 Å². The number of hydrogen-bond donors (Lipinski definition) is 1. The first-order chi connectivity index (χ1) is 12.0. The van der Waals surface area contributed by atoms with E-state index in [9.17, 15) is 5.11 Å². The lowest BCUT2D eigenvalue weighted by Crippen LogP contribution is -2.45. The Morgan fingerprint density at radius 1 is 1.32 bits per heavy atom. The van der Waals surface area contributed by atoms with Crippen molar-refractivity contribution < 1.29 is 9.84 Å². The van der Waals surface area contributed by atoms with Crippen molar-refractivity contribution in [1.29, 1.82) is 0 Å². The van der Waals surface area contributed by atoms with Crippen LogP contribution in [0.15, 0.2) is 27.7 Å². The number of anilines is 1. The maximum absolute atomic E-state index is 10.3. The fraction of sp³-hybridized carbons (Fsp3) is 0.333. The molecule has 1 N–H and O–H groups in total. The number of allylic oxidation sites excluding steroid dienone is 1. The topological polar surface area (TPSA) is 58.0 Å². The van der Waals surface area contributed by atoms with Crippen molar-refractivity contribution in [2.75, 3.05) is 18.0 Å². The van der Waals surface area contributed by atoms with Gasteiger partial charge in [0.1, 0.15) is 0 Å². The van der Waals surface area contributed by atoms with Gasteiger partial charge in [-0.3, -0.25) is 4.99 Å². The molecule has 2 aromatic rings. The molecule has 1 aromatic carbocycles. The monoisotopic (exact) mass is 419 g/mol. The maximum Gasteiger partial charge on any atom is 0.231 e. The molecule has 0 amide bonds. The van der Waals surface area contributed by atoms with Gasteiger partial charge in [0, 0.05) is 34.9 Å². The lowest BCUT2D eigenvalue weighted by Gasteiger charge is -2.35. The molecular weight excluding hydrogens is 402 g/mol. The van der Waals surface area contributed by atoms with Crippen molar-refractivity contribution in [3.8, 4) is 5.88 Å². The van der Waals surface area contributed by atoms with Crippen LogP contribution in [0.25, 0.3) is 11.6 Å². The minimum absolute atomic E-state index is 0.0659. The molecule has 1 saturated heterocycles. The summed E-state index contributed by atoms with van der Waals surface area (Å²) in [6, 6.07) is 5.99. The molecule has 0 bridgehead atoms. The standard InChI is InChI=1S/C18H18BrN3O2S/c1-10-8-22(9-11(2)24-10)18-21-17(23)16(25-18)5-12-7-20-15-4-3-13(19)6-14(12)15/h3-7,10-11,23H,8-9H2,1-2H3/b12-5-. The Morgan fingerprint density at radius 2 is 2.08 bits per heavy atom. The Morgan fingerprint density at radius 3 is 2.84 bits per heavy atom. The molecule has 5 nitrogen and oxygen atoms in total. The van der Waals surface area contributed by atoms with Crippen molar-refractivity contribution in [3.05, 3.63) is 33.1 Å². The van der Waals surface area contributed by atoms with Crippen LogP contribution in [0.4, 0.5) is 10.8 Å². The van der Waals surface area contributed by atoms with Crippen LogP contribution < -0.4 is 4.90 Å². The second-order valence-corrected chi connectivity index (χ2v) is 8.29. The summed E-state index contributed by atoms with van der Waals surface area (Å²) in [4.78, 5) is 11.7. The van der Waals surface area contributed by atoms with Gasteiger partial charge in [0.25, 0.3) is 0 Å². The number of fused-ring (bicyclic) bond motifs is 1. The third-order valence-electron chi connectivity index (χ3n) is 4.21. The molecule has 130 valence electrons. The van der Waals surface area contributed by atoms with Gasteiger partial charge in [-0.25, -0.2) is 0 Å². The summed E-state index contributed by atoms with van der Waals surface area (Å²) in [5, 5.41) is 11.1. The van der Waals surface area contributed by atoms with Gasteiger partial charge in [0.2, 0.25) is 5.88 Å². The van der Waals surface area contributed by atoms with Crippen LogP contribution in [0.3, 0.4) is 0 Å². The molecule has 1 aromatic heterocycles. The molecule has 0 radical (unpaired) electrons. The molecule has 2 unspecified atom stereocenters. The van der Waals surface area contributed by atoms with E-state index in [1.165, 1.54) is 11.3 Å². The summed E-state index contributed by atoms with van der Waals surface area (Å²) >= 11 is 4.99. The van der Waals surface area contributed by atoms with Gasteiger partial charge < -0.3 is 14.7 Å². The Balaban J connectivity index is 1.64. The first-order valence-electron chi connectivity index (χ1n) is 8.15. The van der Waals surface area contributed by atoms with Crippen LogP contribution in [-0.2, 0) is 4.74 Å². The van der Waals surface area contributed by atoms with Crippen molar-refractivity contribution in [2.24, 2.45) is 4.99 Å². The smallest absolute Gasteiger partial charge is 0.231 e. The number of aromatic nitrogens is 1. The highest BCUT2D eigenvalue weighted by molar-refractivity contribution is 9.10. The zero-order valence-corrected chi connectivity index (χ0v) is 16.3. The Kier molecular flexibility index (Phi) is 4.39. The van der Waals surface area contributed by atoms with E-state index in [4.69, 9.17) is 4.74 Å². The molecule has 3 heterocycles. The van der Waals surface area contributed by atoms with E-state index in [1.54, 1.807) is 0 Å². The fourth-order valence-corrected chi connectivity index (χ4v) is 4.48. The molecular formula is C18H18BrN3O2S. The summed E-state index contributed by atoms with van der Waals surface area (Å²) in [5.74, 6) is 0.0659. The molecule has 0 spiro atoms. The van der Waals surface area contributed by atoms with Crippen LogP contribution >= 0.6 is 27.3 Å². The van der Waals surface area contributed by atoms with Crippen molar-refractivity contribution in [1.82, 2.24) is 4.98 Å². The maximum atomic E-state index is 10.3. The van der Waals surface area contributed by atoms with Crippen molar-refractivity contribution >= 4 is 55.9 Å². The number of benzene rings is 1. The largest absolute Gasteiger partial charge is 0.492 e. The zero-order chi connectivity index (χ0) is 17.6. The molecule has 1 fully saturated rings. The first kappa shape index (κ1) is 16.8. The summed E-state index contributed by atoms with van der Waals surface area (Å²) in [7, 11) is 0. The minimum atomic E-state index is 0.0659. The number of thiazole rings is 1. The van der Waals surface area contributed by atoms with E-state index < -0.39 is 0 Å². The van der Waals surface area contributed by atoms with Gasteiger partial charge >= 0.3 is 0 Å². The number of halogens is 1.